The number of thiazole rings is 1. The smallest absolute Gasteiger partial charge is 0.192 e. The zero-order valence-corrected chi connectivity index (χ0v) is 29.1. The molecule has 0 aliphatic carbocycles. The van der Waals surface area contributed by atoms with Gasteiger partial charge in [0.15, 0.2) is 16.6 Å². The van der Waals surface area contributed by atoms with Crippen LogP contribution >= 0.6 is 11.3 Å². The fourth-order valence-electron chi connectivity index (χ4n) is 3.48. The van der Waals surface area contributed by atoms with E-state index in [1.807, 2.05) is 6.92 Å². The lowest BCUT2D eigenvalue weighted by Gasteiger charge is -2.39. The quantitative estimate of drug-likeness (QED) is 0.180. The Balaban J connectivity index is 2.85. The van der Waals surface area contributed by atoms with Crippen molar-refractivity contribution in [2.45, 2.75) is 130 Å². The molecule has 37 heavy (non-hydrogen) atoms. The second-order valence-corrected chi connectivity index (χ2v) is 24.5. The predicted molar refractivity (Wildman–Crippen MR) is 169 cm³/mol. The van der Waals surface area contributed by atoms with E-state index >= 15 is 0 Å². The lowest BCUT2D eigenvalue weighted by molar-refractivity contribution is 0.216. The summed E-state index contributed by atoms with van der Waals surface area (Å²) >= 11 is 1.67. The molecular formula is C30H57NO3SSi2. The van der Waals surface area contributed by atoms with Crippen molar-refractivity contribution in [3.63, 3.8) is 0 Å². The Morgan fingerprint density at radius 3 is 2.16 bits per heavy atom. The van der Waals surface area contributed by atoms with Crippen LogP contribution in [0.3, 0.4) is 0 Å². The number of hydrogen-bond donors (Lipinski definition) is 1. The van der Waals surface area contributed by atoms with E-state index in [1.54, 1.807) is 11.3 Å². The minimum absolute atomic E-state index is 0.0126. The molecule has 0 unspecified atom stereocenters. The highest BCUT2D eigenvalue weighted by molar-refractivity contribution is 7.09. The van der Waals surface area contributed by atoms with Crippen molar-refractivity contribution in [2.24, 2.45) is 5.92 Å². The minimum Gasteiger partial charge on any atom is -0.417 e. The van der Waals surface area contributed by atoms with Crippen LogP contribution in [0.25, 0.3) is 6.08 Å². The van der Waals surface area contributed by atoms with Crippen molar-refractivity contribution in [1.29, 1.82) is 0 Å². The third-order valence-corrected chi connectivity index (χ3v) is 18.1. The molecule has 0 saturated heterocycles. The molecule has 7 heteroatoms. The van der Waals surface area contributed by atoms with Crippen LogP contribution in [0.5, 0.6) is 0 Å². The molecule has 0 spiro atoms. The molecule has 0 fully saturated rings. The van der Waals surface area contributed by atoms with Gasteiger partial charge in [0.05, 0.1) is 23.4 Å². The first-order valence-corrected chi connectivity index (χ1v) is 20.7. The summed E-state index contributed by atoms with van der Waals surface area (Å²) in [7, 11) is -3.67. The topological polar surface area (TPSA) is 51.6 Å². The molecule has 1 rings (SSSR count). The molecule has 1 heterocycles. The van der Waals surface area contributed by atoms with Gasteiger partial charge in [0.25, 0.3) is 0 Å². The van der Waals surface area contributed by atoms with E-state index in [9.17, 15) is 5.11 Å². The predicted octanol–water partition coefficient (Wildman–Crippen LogP) is 9.38. The van der Waals surface area contributed by atoms with Crippen LogP contribution in [0.15, 0.2) is 22.6 Å². The highest BCUT2D eigenvalue weighted by Gasteiger charge is 2.39. The summed E-state index contributed by atoms with van der Waals surface area (Å²) in [6.45, 7) is 30.4. The maximum absolute atomic E-state index is 10.1. The van der Waals surface area contributed by atoms with E-state index in [0.717, 1.165) is 48.6 Å². The van der Waals surface area contributed by atoms with Crippen LogP contribution in [0.4, 0.5) is 0 Å². The summed E-state index contributed by atoms with van der Waals surface area (Å²) in [6.07, 6.45) is 8.24. The molecule has 0 aliphatic rings. The van der Waals surface area contributed by atoms with Crippen LogP contribution in [0.2, 0.25) is 36.3 Å². The number of aryl methyl sites for hydroxylation is 1. The summed E-state index contributed by atoms with van der Waals surface area (Å²) in [4.78, 5) is 4.62. The molecule has 1 N–H and O–H groups in total. The Bertz CT molecular complexity index is 891. The van der Waals surface area contributed by atoms with Crippen LogP contribution in [-0.2, 0) is 8.85 Å². The molecule has 0 saturated carbocycles. The van der Waals surface area contributed by atoms with Gasteiger partial charge < -0.3 is 14.0 Å². The Morgan fingerprint density at radius 2 is 1.68 bits per heavy atom. The fourth-order valence-corrected chi connectivity index (χ4v) is 6.53. The summed E-state index contributed by atoms with van der Waals surface area (Å²) in [6, 6.07) is 0. The van der Waals surface area contributed by atoms with Crippen LogP contribution < -0.4 is 0 Å². The normalized spacial score (nSPS) is 16.3. The van der Waals surface area contributed by atoms with Crippen molar-refractivity contribution < 1.29 is 14.0 Å². The molecule has 0 radical (unpaired) electrons. The number of aliphatic hydroxyl groups excluding tert-OH is 1. The molecule has 0 bridgehead atoms. The monoisotopic (exact) mass is 567 g/mol. The van der Waals surface area contributed by atoms with Gasteiger partial charge >= 0.3 is 0 Å². The van der Waals surface area contributed by atoms with E-state index in [1.165, 1.54) is 5.57 Å². The zero-order chi connectivity index (χ0) is 28.7. The van der Waals surface area contributed by atoms with Crippen molar-refractivity contribution in [2.75, 3.05) is 13.2 Å². The lowest BCUT2D eigenvalue weighted by Crippen LogP contribution is -2.44. The first-order valence-electron chi connectivity index (χ1n) is 14.0. The largest absolute Gasteiger partial charge is 0.417 e. The van der Waals surface area contributed by atoms with Gasteiger partial charge in [-0.1, -0.05) is 54.5 Å². The van der Waals surface area contributed by atoms with E-state index in [0.29, 0.717) is 5.92 Å². The molecule has 4 nitrogen and oxygen atoms in total. The Morgan fingerprint density at radius 1 is 1.08 bits per heavy atom. The van der Waals surface area contributed by atoms with Crippen LogP contribution in [0.1, 0.15) is 91.8 Å². The first kappa shape index (κ1) is 34.5. The molecule has 214 valence electrons. The first-order chi connectivity index (χ1) is 16.8. The van der Waals surface area contributed by atoms with Gasteiger partial charge in [-0.3, -0.25) is 0 Å². The Hall–Kier alpha value is -0.576. The Kier molecular flexibility index (Phi) is 13.2. The number of hydrogen-bond acceptors (Lipinski definition) is 5. The van der Waals surface area contributed by atoms with Gasteiger partial charge in [-0.2, -0.15) is 0 Å². The maximum atomic E-state index is 10.1. The third kappa shape index (κ3) is 11.6. The van der Waals surface area contributed by atoms with Crippen LogP contribution in [0, 0.1) is 12.8 Å². The standard InChI is InChI=1S/C30H57NO3SSi2/c1-23(21-33-36(10,11)29(4,5)6)15-14-16-26(20-32)17-18-28(34-37(12,13)30(7,8)9)24(2)19-27-22-35-25(3)31-27/h17,19,22-23,28,32H,14-16,18,20-21H2,1-13H3/t23-,28-/m0/s1. The van der Waals surface area contributed by atoms with E-state index in [4.69, 9.17) is 8.85 Å². The average molecular weight is 568 g/mol. The number of aliphatic hydroxyl groups is 1. The molecule has 0 aromatic carbocycles. The van der Waals surface area contributed by atoms with E-state index < -0.39 is 16.6 Å². The van der Waals surface area contributed by atoms with Crippen LogP contribution in [-0.4, -0.2) is 46.0 Å². The summed E-state index contributed by atoms with van der Waals surface area (Å²) in [5.74, 6) is 0.524. The number of nitrogens with zero attached hydrogens (tertiary/aromatic N) is 1. The van der Waals surface area contributed by atoms with Gasteiger partial charge in [0.1, 0.15) is 0 Å². The minimum atomic E-state index is -1.96. The van der Waals surface area contributed by atoms with E-state index in [2.05, 4.69) is 104 Å². The maximum Gasteiger partial charge on any atom is 0.192 e. The highest BCUT2D eigenvalue weighted by atomic mass is 32.1. The lowest BCUT2D eigenvalue weighted by atomic mass is 10.00. The summed E-state index contributed by atoms with van der Waals surface area (Å²) in [5.41, 5.74) is 3.31. The molecule has 1 aromatic heterocycles. The SMILES string of the molecule is CC(=Cc1csc(C)n1)[C@H](CC=C(CO)CCC[C@H](C)CO[Si](C)(C)C(C)(C)C)O[Si](C)(C)C(C)(C)C. The van der Waals surface area contributed by atoms with Gasteiger partial charge in [-0.15, -0.1) is 11.3 Å². The van der Waals surface area contributed by atoms with Gasteiger partial charge in [-0.25, -0.2) is 4.98 Å². The third-order valence-electron chi connectivity index (χ3n) is 8.32. The second-order valence-electron chi connectivity index (χ2n) is 13.9. The number of rotatable bonds is 14. The number of aromatic nitrogens is 1. The molecular weight excluding hydrogens is 511 g/mol. The molecule has 1 aromatic rings. The Labute approximate surface area is 235 Å². The highest BCUT2D eigenvalue weighted by Crippen LogP contribution is 2.39. The van der Waals surface area contributed by atoms with Crippen molar-refractivity contribution in [1.82, 2.24) is 4.98 Å². The van der Waals surface area contributed by atoms with Crippen molar-refractivity contribution in [3.8, 4) is 0 Å². The van der Waals surface area contributed by atoms with E-state index in [-0.39, 0.29) is 22.8 Å². The second kappa shape index (κ2) is 14.2. The van der Waals surface area contributed by atoms with Gasteiger partial charge in [0, 0.05) is 12.0 Å². The van der Waals surface area contributed by atoms with Crippen molar-refractivity contribution >= 4 is 34.0 Å². The van der Waals surface area contributed by atoms with Gasteiger partial charge in [0.2, 0.25) is 0 Å². The summed E-state index contributed by atoms with van der Waals surface area (Å²) in [5, 5.41) is 13.7. The fraction of sp³-hybridized carbons (Fsp3) is 0.767. The van der Waals surface area contributed by atoms with Gasteiger partial charge in [-0.05, 0) is 98.9 Å². The molecule has 0 aliphatic heterocycles. The summed E-state index contributed by atoms with van der Waals surface area (Å²) < 4.78 is 13.3. The molecule has 2 atom stereocenters. The average Bonchev–Trinajstić information content (AvgIpc) is 3.16. The van der Waals surface area contributed by atoms with Crippen molar-refractivity contribution in [3.05, 3.63) is 33.3 Å². The molecule has 0 amide bonds. The zero-order valence-electron chi connectivity index (χ0n) is 26.2.